The molecule has 1 amide bonds. The Kier molecular flexibility index (Phi) is 6.06. The first kappa shape index (κ1) is 20.4. The van der Waals surface area contributed by atoms with Gasteiger partial charge in [0.1, 0.15) is 0 Å². The topological polar surface area (TPSA) is 58.0 Å². The summed E-state index contributed by atoms with van der Waals surface area (Å²) in [6.07, 6.45) is 0. The van der Waals surface area contributed by atoms with Crippen molar-refractivity contribution in [2.45, 2.75) is 19.5 Å². The molecule has 2 heterocycles. The third-order valence-electron chi connectivity index (χ3n) is 5.82. The highest BCUT2D eigenvalue weighted by Gasteiger charge is 2.21. The van der Waals surface area contributed by atoms with Crippen LogP contribution in [0.25, 0.3) is 11.0 Å². The zero-order valence-corrected chi connectivity index (χ0v) is 17.9. The predicted molar refractivity (Wildman–Crippen MR) is 118 cm³/mol. The number of furan rings is 1. The lowest BCUT2D eigenvalue weighted by atomic mass is 10.1. The van der Waals surface area contributed by atoms with Crippen molar-refractivity contribution in [2.75, 3.05) is 40.3 Å². The van der Waals surface area contributed by atoms with E-state index < -0.39 is 0 Å². The molecule has 0 saturated carbocycles. The van der Waals surface area contributed by atoms with Crippen LogP contribution >= 0.6 is 0 Å². The predicted octanol–water partition coefficient (Wildman–Crippen LogP) is 3.68. The minimum Gasteiger partial charge on any atom is -0.493 e. The summed E-state index contributed by atoms with van der Waals surface area (Å²) < 4.78 is 11.5. The van der Waals surface area contributed by atoms with E-state index in [1.807, 2.05) is 49.4 Å². The number of hydrogen-bond donors (Lipinski definition) is 1. The first-order valence-corrected chi connectivity index (χ1v) is 10.4. The van der Waals surface area contributed by atoms with Gasteiger partial charge in [0, 0.05) is 38.1 Å². The van der Waals surface area contributed by atoms with Crippen molar-refractivity contribution >= 4 is 16.9 Å². The molecule has 0 radical (unpaired) electrons. The fourth-order valence-electron chi connectivity index (χ4n) is 3.90. The lowest BCUT2D eigenvalue weighted by Gasteiger charge is -2.32. The maximum atomic E-state index is 12.9. The van der Waals surface area contributed by atoms with Crippen molar-refractivity contribution in [2.24, 2.45) is 0 Å². The Bertz CT molecular complexity index is 1010. The molecule has 1 aliphatic heterocycles. The van der Waals surface area contributed by atoms with Crippen molar-refractivity contribution in [3.05, 3.63) is 65.4 Å². The minimum absolute atomic E-state index is 0.112. The number of rotatable bonds is 6. The van der Waals surface area contributed by atoms with Crippen LogP contribution in [-0.2, 0) is 6.54 Å². The lowest BCUT2D eigenvalue weighted by molar-refractivity contribution is 0.0914. The number of fused-ring (bicyclic) bond motifs is 1. The average molecular weight is 408 g/mol. The first-order chi connectivity index (χ1) is 14.5. The fourth-order valence-corrected chi connectivity index (χ4v) is 3.90. The number of hydrogen-bond acceptors (Lipinski definition) is 5. The Hall–Kier alpha value is -2.83. The zero-order valence-electron chi connectivity index (χ0n) is 17.9. The van der Waals surface area contributed by atoms with Crippen LogP contribution in [0.4, 0.5) is 0 Å². The summed E-state index contributed by atoms with van der Waals surface area (Å²) in [7, 11) is 3.77. The van der Waals surface area contributed by atoms with Gasteiger partial charge in [0.05, 0.1) is 13.2 Å². The molecular formula is C24H29N3O3. The number of nitrogens with zero attached hydrogens (tertiary/aromatic N) is 2. The molecule has 158 valence electrons. The number of likely N-dealkylation sites (N-methyl/N-ethyl adjacent to an activating group) is 1. The van der Waals surface area contributed by atoms with Gasteiger partial charge in [-0.15, -0.1) is 0 Å². The van der Waals surface area contributed by atoms with Gasteiger partial charge in [-0.25, -0.2) is 0 Å². The largest absolute Gasteiger partial charge is 0.493 e. The van der Waals surface area contributed by atoms with E-state index in [9.17, 15) is 4.79 Å². The second kappa shape index (κ2) is 8.90. The standard InChI is InChI=1S/C24H29N3O3/c1-17(18-7-5-4-6-8-18)25-24(28)22-15-20-19(9-10-21(29-3)23(20)30-22)16-27-13-11-26(2)12-14-27/h4-10,15,17H,11-14,16H2,1-3H3,(H,25,28). The summed E-state index contributed by atoms with van der Waals surface area (Å²) >= 11 is 0. The Morgan fingerprint density at radius 3 is 2.57 bits per heavy atom. The van der Waals surface area contributed by atoms with Gasteiger partial charge in [0.25, 0.3) is 5.91 Å². The molecule has 4 rings (SSSR count). The Morgan fingerprint density at radius 1 is 1.13 bits per heavy atom. The average Bonchev–Trinajstić information content (AvgIpc) is 3.22. The Morgan fingerprint density at radius 2 is 1.87 bits per heavy atom. The van der Waals surface area contributed by atoms with Crippen molar-refractivity contribution < 1.29 is 13.9 Å². The second-order valence-corrected chi connectivity index (χ2v) is 7.97. The SMILES string of the molecule is COc1ccc(CN2CCN(C)CC2)c2cc(C(=O)NC(C)c3ccccc3)oc12. The summed E-state index contributed by atoms with van der Waals surface area (Å²) in [5.41, 5.74) is 2.83. The number of benzene rings is 2. The van der Waals surface area contributed by atoms with Gasteiger partial charge < -0.3 is 19.4 Å². The van der Waals surface area contributed by atoms with E-state index in [0.717, 1.165) is 49.2 Å². The molecule has 0 spiro atoms. The molecule has 0 bridgehead atoms. The molecule has 3 aromatic rings. The van der Waals surface area contributed by atoms with E-state index in [-0.39, 0.29) is 11.9 Å². The van der Waals surface area contributed by atoms with E-state index in [0.29, 0.717) is 17.1 Å². The molecule has 2 aromatic carbocycles. The number of amides is 1. The van der Waals surface area contributed by atoms with Gasteiger partial charge in [-0.1, -0.05) is 36.4 Å². The summed E-state index contributed by atoms with van der Waals surface area (Å²) in [6.45, 7) is 6.99. The zero-order chi connectivity index (χ0) is 21.1. The van der Waals surface area contributed by atoms with Crippen LogP contribution in [0.3, 0.4) is 0 Å². The van der Waals surface area contributed by atoms with Crippen LogP contribution in [0.1, 0.15) is 34.6 Å². The highest BCUT2D eigenvalue weighted by Crippen LogP contribution is 2.32. The maximum Gasteiger partial charge on any atom is 0.287 e. The number of carbonyl (C=O) groups excluding carboxylic acids is 1. The van der Waals surface area contributed by atoms with Gasteiger partial charge in [0.15, 0.2) is 17.1 Å². The van der Waals surface area contributed by atoms with Crippen molar-refractivity contribution in [3.8, 4) is 5.75 Å². The summed E-state index contributed by atoms with van der Waals surface area (Å²) in [5.74, 6) is 0.717. The number of carbonyl (C=O) groups is 1. The van der Waals surface area contributed by atoms with Crippen LogP contribution in [-0.4, -0.2) is 56.0 Å². The van der Waals surface area contributed by atoms with E-state index in [2.05, 4.69) is 28.2 Å². The molecule has 1 aromatic heterocycles. The summed E-state index contributed by atoms with van der Waals surface area (Å²) in [5, 5.41) is 3.96. The molecular weight excluding hydrogens is 378 g/mol. The van der Waals surface area contributed by atoms with Gasteiger partial charge in [-0.2, -0.15) is 0 Å². The van der Waals surface area contributed by atoms with Gasteiger partial charge >= 0.3 is 0 Å². The van der Waals surface area contributed by atoms with Gasteiger partial charge in [-0.3, -0.25) is 9.69 Å². The van der Waals surface area contributed by atoms with Gasteiger partial charge in [-0.05, 0) is 37.2 Å². The second-order valence-electron chi connectivity index (χ2n) is 7.97. The molecule has 1 unspecified atom stereocenters. The fraction of sp³-hybridized carbons (Fsp3) is 0.375. The number of nitrogens with one attached hydrogen (secondary N) is 1. The highest BCUT2D eigenvalue weighted by molar-refractivity contribution is 5.98. The molecule has 6 nitrogen and oxygen atoms in total. The molecule has 0 aliphatic carbocycles. The van der Waals surface area contributed by atoms with E-state index in [4.69, 9.17) is 9.15 Å². The number of piperazine rings is 1. The smallest absolute Gasteiger partial charge is 0.287 e. The minimum atomic E-state index is -0.227. The van der Waals surface area contributed by atoms with Crippen molar-refractivity contribution in [1.29, 1.82) is 0 Å². The molecule has 1 atom stereocenters. The Labute approximate surface area is 177 Å². The molecule has 1 saturated heterocycles. The van der Waals surface area contributed by atoms with Crippen molar-refractivity contribution in [1.82, 2.24) is 15.1 Å². The van der Waals surface area contributed by atoms with Crippen LogP contribution < -0.4 is 10.1 Å². The summed E-state index contributed by atoms with van der Waals surface area (Å²) in [6, 6.07) is 15.6. The van der Waals surface area contributed by atoms with Crippen LogP contribution in [0, 0.1) is 0 Å². The van der Waals surface area contributed by atoms with E-state index >= 15 is 0 Å². The highest BCUT2D eigenvalue weighted by atomic mass is 16.5. The maximum absolute atomic E-state index is 12.9. The molecule has 30 heavy (non-hydrogen) atoms. The summed E-state index contributed by atoms with van der Waals surface area (Å²) in [4.78, 5) is 17.7. The number of methoxy groups -OCH3 is 1. The van der Waals surface area contributed by atoms with Crippen LogP contribution in [0.5, 0.6) is 5.75 Å². The third kappa shape index (κ3) is 4.35. The molecule has 1 aliphatic rings. The quantitative estimate of drug-likeness (QED) is 0.676. The lowest BCUT2D eigenvalue weighted by Crippen LogP contribution is -2.43. The normalized spacial score (nSPS) is 16.5. The van der Waals surface area contributed by atoms with E-state index in [1.54, 1.807) is 7.11 Å². The molecule has 1 N–H and O–H groups in total. The van der Waals surface area contributed by atoms with Crippen LogP contribution in [0.2, 0.25) is 0 Å². The first-order valence-electron chi connectivity index (χ1n) is 10.4. The molecule has 6 heteroatoms. The van der Waals surface area contributed by atoms with E-state index in [1.165, 1.54) is 0 Å². The van der Waals surface area contributed by atoms with Gasteiger partial charge in [0.2, 0.25) is 0 Å². The Balaban J connectivity index is 1.58. The molecule has 1 fully saturated rings. The van der Waals surface area contributed by atoms with Crippen LogP contribution in [0.15, 0.2) is 52.9 Å². The van der Waals surface area contributed by atoms with Crippen molar-refractivity contribution in [3.63, 3.8) is 0 Å². The third-order valence-corrected chi connectivity index (χ3v) is 5.82. The number of ether oxygens (including phenoxy) is 1. The monoisotopic (exact) mass is 407 g/mol.